The van der Waals surface area contributed by atoms with Gasteiger partial charge >= 0.3 is 0 Å². The van der Waals surface area contributed by atoms with Crippen LogP contribution in [0, 0.1) is 6.92 Å². The molecule has 0 aromatic carbocycles. The minimum Gasteiger partial charge on any atom is -0.294 e. The molecule has 1 rings (SSSR count). The summed E-state index contributed by atoms with van der Waals surface area (Å²) in [4.78, 5) is 6.82. The maximum atomic E-state index is 5.59. The van der Waals surface area contributed by atoms with Gasteiger partial charge in [-0.15, -0.1) is 11.6 Å². The Hall–Kier alpha value is -0.860. The third-order valence-electron chi connectivity index (χ3n) is 2.40. The van der Waals surface area contributed by atoms with Crippen LogP contribution >= 0.6 is 11.6 Å². The van der Waals surface area contributed by atoms with Gasteiger partial charge < -0.3 is 0 Å². The minimum absolute atomic E-state index is 0.584. The van der Waals surface area contributed by atoms with Gasteiger partial charge in [-0.25, -0.2) is 0 Å². The normalized spacial score (nSPS) is 11.5. The van der Waals surface area contributed by atoms with Crippen LogP contribution in [0.5, 0.6) is 0 Å². The first-order valence-electron chi connectivity index (χ1n) is 5.62. The molecule has 0 saturated carbocycles. The fraction of sp³-hybridized carbons (Fsp3) is 0.462. The van der Waals surface area contributed by atoms with Crippen molar-refractivity contribution >= 4 is 11.6 Å². The molecule has 0 aliphatic heterocycles. The Bertz CT molecular complexity index is 336. The number of aryl methyl sites for hydroxylation is 1. The molecule has 0 bridgehead atoms. The molecule has 3 heteroatoms. The summed E-state index contributed by atoms with van der Waals surface area (Å²) < 4.78 is 0. The Labute approximate surface area is 103 Å². The molecule has 1 aromatic heterocycles. The second-order valence-electron chi connectivity index (χ2n) is 3.72. The second-order valence-corrected chi connectivity index (χ2v) is 4.03. The van der Waals surface area contributed by atoms with Crippen LogP contribution < -0.4 is 0 Å². The van der Waals surface area contributed by atoms with E-state index in [9.17, 15) is 0 Å². The highest BCUT2D eigenvalue weighted by Gasteiger charge is 2.02. The predicted molar refractivity (Wildman–Crippen MR) is 69.8 cm³/mol. The van der Waals surface area contributed by atoms with E-state index in [0.29, 0.717) is 5.88 Å². The highest BCUT2D eigenvalue weighted by molar-refractivity contribution is 6.18. The van der Waals surface area contributed by atoms with Crippen LogP contribution in [0.2, 0.25) is 0 Å². The van der Waals surface area contributed by atoms with Gasteiger partial charge in [-0.05, 0) is 25.6 Å². The number of halogens is 1. The summed E-state index contributed by atoms with van der Waals surface area (Å²) in [5.41, 5.74) is 2.20. The average Bonchev–Trinajstić information content (AvgIpc) is 2.28. The smallest absolute Gasteiger partial charge is 0.0547 e. The molecule has 0 radical (unpaired) electrons. The fourth-order valence-corrected chi connectivity index (χ4v) is 1.63. The number of nitrogens with zero attached hydrogens (tertiary/aromatic N) is 2. The van der Waals surface area contributed by atoms with Gasteiger partial charge in [0.15, 0.2) is 0 Å². The van der Waals surface area contributed by atoms with Crippen LogP contribution in [0.1, 0.15) is 18.3 Å². The summed E-state index contributed by atoms with van der Waals surface area (Å²) in [6.45, 7) is 7.02. The third kappa shape index (κ3) is 4.77. The number of pyridine rings is 1. The van der Waals surface area contributed by atoms with Gasteiger partial charge in [0.25, 0.3) is 0 Å². The molecule has 0 unspecified atom stereocenters. The SMILES string of the molecule is CCN(CC=CCCl)Cc1cccc(C)n1. The van der Waals surface area contributed by atoms with E-state index < -0.39 is 0 Å². The molecule has 0 spiro atoms. The van der Waals surface area contributed by atoms with Gasteiger partial charge in [0.1, 0.15) is 0 Å². The first-order valence-corrected chi connectivity index (χ1v) is 6.15. The molecule has 0 atom stereocenters. The van der Waals surface area contributed by atoms with Crippen molar-refractivity contribution in [2.75, 3.05) is 19.0 Å². The lowest BCUT2D eigenvalue weighted by molar-refractivity contribution is 0.307. The Kier molecular flexibility index (Phi) is 6.12. The van der Waals surface area contributed by atoms with Gasteiger partial charge in [0.05, 0.1) is 5.69 Å². The molecule has 16 heavy (non-hydrogen) atoms. The van der Waals surface area contributed by atoms with Crippen molar-refractivity contribution < 1.29 is 0 Å². The maximum absolute atomic E-state index is 5.59. The molecular formula is C13H19ClN2. The highest BCUT2D eigenvalue weighted by Crippen LogP contribution is 2.03. The lowest BCUT2D eigenvalue weighted by Crippen LogP contribution is -2.23. The largest absolute Gasteiger partial charge is 0.294 e. The van der Waals surface area contributed by atoms with E-state index in [-0.39, 0.29) is 0 Å². The van der Waals surface area contributed by atoms with E-state index in [2.05, 4.69) is 35.0 Å². The zero-order valence-corrected chi connectivity index (χ0v) is 10.7. The monoisotopic (exact) mass is 238 g/mol. The van der Waals surface area contributed by atoms with Gasteiger partial charge in [-0.2, -0.15) is 0 Å². The standard InChI is InChI=1S/C13H19ClN2/c1-3-16(10-5-4-9-14)11-13-8-6-7-12(2)15-13/h4-8H,3,9-11H2,1-2H3. The number of hydrogen-bond acceptors (Lipinski definition) is 2. The van der Waals surface area contributed by atoms with Crippen molar-refractivity contribution in [3.63, 3.8) is 0 Å². The Balaban J connectivity index is 2.52. The van der Waals surface area contributed by atoms with E-state index >= 15 is 0 Å². The van der Waals surface area contributed by atoms with E-state index in [1.54, 1.807) is 0 Å². The minimum atomic E-state index is 0.584. The van der Waals surface area contributed by atoms with Crippen LogP contribution in [-0.4, -0.2) is 28.9 Å². The Morgan fingerprint density at radius 3 is 2.81 bits per heavy atom. The molecule has 1 heterocycles. The zero-order valence-electron chi connectivity index (χ0n) is 9.99. The molecule has 0 fully saturated rings. The highest BCUT2D eigenvalue weighted by atomic mass is 35.5. The predicted octanol–water partition coefficient (Wildman–Crippen LogP) is 3.01. The quantitative estimate of drug-likeness (QED) is 0.560. The summed E-state index contributed by atoms with van der Waals surface area (Å²) in [7, 11) is 0. The van der Waals surface area contributed by atoms with E-state index in [1.165, 1.54) is 0 Å². The van der Waals surface area contributed by atoms with E-state index in [4.69, 9.17) is 11.6 Å². The number of allylic oxidation sites excluding steroid dienone is 1. The van der Waals surface area contributed by atoms with Gasteiger partial charge in [0, 0.05) is 24.7 Å². The van der Waals surface area contributed by atoms with Gasteiger partial charge in [-0.1, -0.05) is 25.1 Å². The molecule has 0 aliphatic carbocycles. The number of rotatable bonds is 6. The van der Waals surface area contributed by atoms with Crippen LogP contribution in [-0.2, 0) is 6.54 Å². The molecule has 0 saturated heterocycles. The molecule has 0 aliphatic rings. The molecular weight excluding hydrogens is 220 g/mol. The first kappa shape index (κ1) is 13.2. The maximum Gasteiger partial charge on any atom is 0.0547 e. The summed E-state index contributed by atoms with van der Waals surface area (Å²) in [6, 6.07) is 6.15. The molecule has 0 N–H and O–H groups in total. The number of likely N-dealkylation sites (N-methyl/N-ethyl adjacent to an activating group) is 1. The van der Waals surface area contributed by atoms with Crippen LogP contribution in [0.3, 0.4) is 0 Å². The Morgan fingerprint density at radius 1 is 1.38 bits per heavy atom. The average molecular weight is 239 g/mol. The van der Waals surface area contributed by atoms with Crippen LogP contribution in [0.15, 0.2) is 30.4 Å². The van der Waals surface area contributed by atoms with Crippen molar-refractivity contribution in [3.8, 4) is 0 Å². The van der Waals surface area contributed by atoms with Gasteiger partial charge in [0.2, 0.25) is 0 Å². The van der Waals surface area contributed by atoms with Crippen molar-refractivity contribution in [3.05, 3.63) is 41.7 Å². The molecule has 0 amide bonds. The second kappa shape index (κ2) is 7.42. The number of alkyl halides is 1. The molecule has 88 valence electrons. The zero-order chi connectivity index (χ0) is 11.8. The molecule has 1 aromatic rings. The van der Waals surface area contributed by atoms with Crippen molar-refractivity contribution in [1.82, 2.24) is 9.88 Å². The summed E-state index contributed by atoms with van der Waals surface area (Å²) in [5.74, 6) is 0.584. The van der Waals surface area contributed by atoms with E-state index in [1.807, 2.05) is 19.1 Å². The number of aromatic nitrogens is 1. The van der Waals surface area contributed by atoms with Crippen LogP contribution in [0.25, 0.3) is 0 Å². The topological polar surface area (TPSA) is 16.1 Å². The van der Waals surface area contributed by atoms with Gasteiger partial charge in [-0.3, -0.25) is 9.88 Å². The first-order chi connectivity index (χ1) is 7.76. The van der Waals surface area contributed by atoms with Crippen molar-refractivity contribution in [2.24, 2.45) is 0 Å². The van der Waals surface area contributed by atoms with Crippen molar-refractivity contribution in [1.29, 1.82) is 0 Å². The fourth-order valence-electron chi connectivity index (χ4n) is 1.51. The number of hydrogen-bond donors (Lipinski definition) is 0. The summed E-state index contributed by atoms with van der Waals surface area (Å²) in [5, 5.41) is 0. The lowest BCUT2D eigenvalue weighted by Gasteiger charge is -2.17. The van der Waals surface area contributed by atoms with E-state index in [0.717, 1.165) is 31.0 Å². The lowest BCUT2D eigenvalue weighted by atomic mass is 10.3. The Morgan fingerprint density at radius 2 is 2.19 bits per heavy atom. The van der Waals surface area contributed by atoms with Crippen LogP contribution in [0.4, 0.5) is 0 Å². The summed E-state index contributed by atoms with van der Waals surface area (Å²) >= 11 is 5.59. The van der Waals surface area contributed by atoms with Crippen molar-refractivity contribution in [2.45, 2.75) is 20.4 Å². The third-order valence-corrected chi connectivity index (χ3v) is 2.58. The molecule has 2 nitrogen and oxygen atoms in total. The summed E-state index contributed by atoms with van der Waals surface area (Å²) in [6.07, 6.45) is 4.08.